The fourth-order valence-electron chi connectivity index (χ4n) is 1.37. The Morgan fingerprint density at radius 1 is 1.62 bits per heavy atom. The van der Waals surface area contributed by atoms with E-state index in [1.54, 1.807) is 0 Å². The van der Waals surface area contributed by atoms with Crippen LogP contribution in [0.5, 0.6) is 0 Å². The van der Waals surface area contributed by atoms with Gasteiger partial charge in [-0.25, -0.2) is 9.36 Å². The van der Waals surface area contributed by atoms with Crippen LogP contribution in [0.15, 0.2) is 21.9 Å². The van der Waals surface area contributed by atoms with Gasteiger partial charge in [0.1, 0.15) is 12.7 Å². The lowest BCUT2D eigenvalue weighted by atomic mass is 10.3. The van der Waals surface area contributed by atoms with Gasteiger partial charge in [0, 0.05) is 12.3 Å². The van der Waals surface area contributed by atoms with Crippen LogP contribution in [0.25, 0.3) is 0 Å². The zero-order valence-electron chi connectivity index (χ0n) is 7.76. The van der Waals surface area contributed by atoms with Crippen molar-refractivity contribution in [3.8, 4) is 0 Å². The van der Waals surface area contributed by atoms with Crippen LogP contribution in [0.2, 0.25) is 0 Å². The SMILES string of the molecule is O=c1cc[nH]c(=O)n1[C@@H]1O[CH][C@@H](O)[C@@]1(Cl)Br. The van der Waals surface area contributed by atoms with Crippen LogP contribution in [0.3, 0.4) is 0 Å². The van der Waals surface area contributed by atoms with Crippen LogP contribution in [0, 0.1) is 6.61 Å². The smallest absolute Gasteiger partial charge is 0.330 e. The minimum Gasteiger partial charge on any atom is -0.387 e. The molecular weight excluding hydrogens is 303 g/mol. The monoisotopic (exact) mass is 309 g/mol. The van der Waals surface area contributed by atoms with E-state index in [9.17, 15) is 14.7 Å². The highest BCUT2D eigenvalue weighted by molar-refractivity contribution is 9.10. The molecule has 6 nitrogen and oxygen atoms in total. The van der Waals surface area contributed by atoms with E-state index < -0.39 is 27.4 Å². The van der Waals surface area contributed by atoms with Gasteiger partial charge < -0.3 is 14.8 Å². The van der Waals surface area contributed by atoms with Crippen molar-refractivity contribution in [3.05, 3.63) is 39.7 Å². The summed E-state index contributed by atoms with van der Waals surface area (Å²) in [6, 6.07) is 1.16. The highest BCUT2D eigenvalue weighted by Gasteiger charge is 2.50. The summed E-state index contributed by atoms with van der Waals surface area (Å²) in [6.07, 6.45) is -1.02. The van der Waals surface area contributed by atoms with Gasteiger partial charge in [0.2, 0.25) is 0 Å². The summed E-state index contributed by atoms with van der Waals surface area (Å²) in [7, 11) is 0. The number of hydrogen-bond donors (Lipinski definition) is 2. The molecular formula is C8H7BrClN2O4. The summed E-state index contributed by atoms with van der Waals surface area (Å²) < 4.78 is 4.36. The molecule has 3 atom stereocenters. The van der Waals surface area contributed by atoms with Crippen molar-refractivity contribution in [2.75, 3.05) is 0 Å². The van der Waals surface area contributed by atoms with Gasteiger partial charge in [-0.1, -0.05) is 27.5 Å². The van der Waals surface area contributed by atoms with Crippen LogP contribution in [0.4, 0.5) is 0 Å². The van der Waals surface area contributed by atoms with Crippen molar-refractivity contribution < 1.29 is 9.84 Å². The Morgan fingerprint density at radius 3 is 2.81 bits per heavy atom. The van der Waals surface area contributed by atoms with Crippen molar-refractivity contribution in [2.45, 2.75) is 16.1 Å². The number of rotatable bonds is 1. The second kappa shape index (κ2) is 3.99. The molecule has 2 N–H and O–H groups in total. The number of nitrogens with one attached hydrogen (secondary N) is 1. The summed E-state index contributed by atoms with van der Waals surface area (Å²) >= 11 is 8.99. The number of halogens is 2. The van der Waals surface area contributed by atoms with Crippen LogP contribution in [-0.4, -0.2) is 24.5 Å². The third-order valence-electron chi connectivity index (χ3n) is 2.18. The molecule has 0 unspecified atom stereocenters. The molecule has 8 heteroatoms. The molecule has 2 rings (SSSR count). The number of nitrogens with zero attached hydrogens (tertiary/aromatic N) is 1. The average molecular weight is 311 g/mol. The van der Waals surface area contributed by atoms with Crippen molar-refractivity contribution in [1.29, 1.82) is 0 Å². The van der Waals surface area contributed by atoms with Gasteiger partial charge in [-0.2, -0.15) is 0 Å². The van der Waals surface area contributed by atoms with Crippen LogP contribution < -0.4 is 11.2 Å². The predicted octanol–water partition coefficient (Wildman–Crippen LogP) is -0.0819. The van der Waals surface area contributed by atoms with E-state index in [0.29, 0.717) is 0 Å². The number of H-pyrrole nitrogens is 1. The molecule has 1 aromatic heterocycles. The standard InChI is InChI=1S/C8H7BrClN2O4/c9-8(10)4(13)3-16-6(8)12-5(14)1-2-11-7(12)15/h1-4,6,13H,(H,11,15)/t4-,6-,8+/m1/s1. The zero-order valence-corrected chi connectivity index (χ0v) is 10.1. The molecule has 0 bridgehead atoms. The topological polar surface area (TPSA) is 84.3 Å². The van der Waals surface area contributed by atoms with Gasteiger partial charge in [-0.3, -0.25) is 4.79 Å². The molecule has 1 saturated heterocycles. The van der Waals surface area contributed by atoms with Crippen LogP contribution in [-0.2, 0) is 4.74 Å². The second-order valence-electron chi connectivity index (χ2n) is 3.23. The molecule has 0 saturated carbocycles. The van der Waals surface area contributed by atoms with Crippen LogP contribution in [0.1, 0.15) is 6.23 Å². The third-order valence-corrected chi connectivity index (χ3v) is 3.45. The Hall–Kier alpha value is -0.630. The normalized spacial score (nSPS) is 34.2. The van der Waals surface area contributed by atoms with E-state index in [1.165, 1.54) is 6.20 Å². The fourth-order valence-corrected chi connectivity index (χ4v) is 1.99. The minimum atomic E-state index is -1.44. The highest BCUT2D eigenvalue weighted by atomic mass is 79.9. The van der Waals surface area contributed by atoms with E-state index in [4.69, 9.17) is 16.3 Å². The first-order chi connectivity index (χ1) is 7.44. The molecule has 87 valence electrons. The summed E-state index contributed by atoms with van der Waals surface area (Å²) in [6.45, 7) is 1.06. The van der Waals surface area contributed by atoms with Gasteiger partial charge in [-0.15, -0.1) is 0 Å². The number of aliphatic hydroxyl groups is 1. The molecule has 0 aromatic carbocycles. The Balaban J connectivity index is 2.55. The third kappa shape index (κ3) is 1.73. The maximum absolute atomic E-state index is 11.5. The maximum atomic E-state index is 11.5. The second-order valence-corrected chi connectivity index (χ2v) is 5.63. The number of aromatic nitrogens is 2. The van der Waals surface area contributed by atoms with E-state index in [-0.39, 0.29) is 0 Å². The van der Waals surface area contributed by atoms with Crippen molar-refractivity contribution in [1.82, 2.24) is 9.55 Å². The zero-order chi connectivity index (χ0) is 11.9. The van der Waals surface area contributed by atoms with Crippen LogP contribution >= 0.6 is 27.5 Å². The minimum absolute atomic E-state index is 0.569. The fraction of sp³-hybridized carbons (Fsp3) is 0.375. The van der Waals surface area contributed by atoms with E-state index in [1.807, 2.05) is 0 Å². The molecule has 1 radical (unpaired) electrons. The van der Waals surface area contributed by atoms with Crippen molar-refractivity contribution >= 4 is 27.5 Å². The lowest BCUT2D eigenvalue weighted by Crippen LogP contribution is -2.44. The summed E-state index contributed by atoms with van der Waals surface area (Å²) in [4.78, 5) is 25.3. The molecule has 0 amide bonds. The first kappa shape index (κ1) is 11.8. The lowest BCUT2D eigenvalue weighted by Gasteiger charge is -2.23. The van der Waals surface area contributed by atoms with Gasteiger partial charge in [-0.05, 0) is 0 Å². The maximum Gasteiger partial charge on any atom is 0.330 e. The summed E-state index contributed by atoms with van der Waals surface area (Å²) in [5, 5.41) is 9.48. The molecule has 1 aromatic rings. The summed E-state index contributed by atoms with van der Waals surface area (Å²) in [5.41, 5.74) is -1.23. The quantitative estimate of drug-likeness (QED) is 0.711. The lowest BCUT2D eigenvalue weighted by molar-refractivity contribution is 0.0812. The number of hydrogen-bond acceptors (Lipinski definition) is 4. The highest BCUT2D eigenvalue weighted by Crippen LogP contribution is 2.45. The molecule has 0 spiro atoms. The first-order valence-corrected chi connectivity index (χ1v) is 5.46. The molecule has 1 aliphatic heterocycles. The van der Waals surface area contributed by atoms with Gasteiger partial charge in [0.15, 0.2) is 10.0 Å². The van der Waals surface area contributed by atoms with Crippen molar-refractivity contribution in [3.63, 3.8) is 0 Å². The van der Waals surface area contributed by atoms with E-state index in [0.717, 1.165) is 17.2 Å². The largest absolute Gasteiger partial charge is 0.387 e. The number of aromatic amines is 1. The van der Waals surface area contributed by atoms with Gasteiger partial charge >= 0.3 is 5.69 Å². The molecule has 1 fully saturated rings. The molecule has 16 heavy (non-hydrogen) atoms. The molecule has 1 aliphatic rings. The predicted molar refractivity (Wildman–Crippen MR) is 59.3 cm³/mol. The Bertz CT molecular complexity index is 483. The van der Waals surface area contributed by atoms with E-state index >= 15 is 0 Å². The number of alkyl halides is 2. The number of ether oxygens (including phenoxy) is 1. The Morgan fingerprint density at radius 2 is 2.31 bits per heavy atom. The number of aliphatic hydroxyl groups excluding tert-OH is 1. The molecule has 2 heterocycles. The van der Waals surface area contributed by atoms with Crippen molar-refractivity contribution in [2.24, 2.45) is 0 Å². The van der Waals surface area contributed by atoms with E-state index in [2.05, 4.69) is 20.9 Å². The van der Waals surface area contributed by atoms with Gasteiger partial charge in [0.25, 0.3) is 5.56 Å². The molecule has 0 aliphatic carbocycles. The Kier molecular flexibility index (Phi) is 2.95. The van der Waals surface area contributed by atoms with Gasteiger partial charge in [0.05, 0.1) is 0 Å². The average Bonchev–Trinajstić information content (AvgIpc) is 2.44. The first-order valence-electron chi connectivity index (χ1n) is 4.29. The Labute approximate surface area is 103 Å². The summed E-state index contributed by atoms with van der Waals surface area (Å²) in [5.74, 6) is 0.